The minimum absolute atomic E-state index is 0.112. The van der Waals surface area contributed by atoms with Gasteiger partial charge in [0, 0.05) is 0 Å². The van der Waals surface area contributed by atoms with Crippen molar-refractivity contribution in [3.8, 4) is 0 Å². The first kappa shape index (κ1) is 10.2. The van der Waals surface area contributed by atoms with Crippen LogP contribution in [0.5, 0.6) is 0 Å². The zero-order valence-corrected chi connectivity index (χ0v) is 9.46. The smallest absolute Gasteiger partial charge is 0.223 e. The Morgan fingerprint density at radius 3 is 2.65 bits per heavy atom. The number of hydrogen-bond acceptors (Lipinski definition) is 5. The van der Waals surface area contributed by atoms with Gasteiger partial charge in [0.25, 0.3) is 0 Å². The number of rotatable bonds is 1. The molecule has 0 amide bonds. The summed E-state index contributed by atoms with van der Waals surface area (Å²) in [6, 6.07) is 9.51. The minimum atomic E-state index is -0.237. The standard InChI is InChI=1S/C11H8ClN5/c12-9-7-8(6-4-2-1-3-5-6)16-17-10(7)15-11(13)14-9/h1-5,8H,(H2,13,14,15). The van der Waals surface area contributed by atoms with E-state index < -0.39 is 0 Å². The van der Waals surface area contributed by atoms with Gasteiger partial charge in [-0.15, -0.1) is 5.11 Å². The molecule has 0 saturated carbocycles. The molecule has 0 aliphatic carbocycles. The van der Waals surface area contributed by atoms with Crippen molar-refractivity contribution < 1.29 is 0 Å². The van der Waals surface area contributed by atoms with Gasteiger partial charge in [0.05, 0.1) is 5.56 Å². The lowest BCUT2D eigenvalue weighted by Gasteiger charge is -2.08. The van der Waals surface area contributed by atoms with Crippen LogP contribution in [0.3, 0.4) is 0 Å². The van der Waals surface area contributed by atoms with E-state index in [4.69, 9.17) is 17.3 Å². The molecule has 0 bridgehead atoms. The van der Waals surface area contributed by atoms with Crippen LogP contribution in [-0.4, -0.2) is 9.97 Å². The van der Waals surface area contributed by atoms with E-state index in [0.717, 1.165) is 5.56 Å². The highest BCUT2D eigenvalue weighted by molar-refractivity contribution is 6.30. The maximum atomic E-state index is 6.07. The Labute approximate surface area is 102 Å². The van der Waals surface area contributed by atoms with E-state index in [1.54, 1.807) is 0 Å². The first-order valence-corrected chi connectivity index (χ1v) is 5.42. The van der Waals surface area contributed by atoms with E-state index in [2.05, 4.69) is 20.2 Å². The highest BCUT2D eigenvalue weighted by Gasteiger charge is 2.27. The lowest BCUT2D eigenvalue weighted by molar-refractivity contribution is 0.857. The van der Waals surface area contributed by atoms with Crippen LogP contribution in [0.4, 0.5) is 11.8 Å². The third-order valence-electron chi connectivity index (χ3n) is 2.55. The summed E-state index contributed by atoms with van der Waals surface area (Å²) in [6.45, 7) is 0. The molecule has 1 aliphatic rings. The van der Waals surface area contributed by atoms with Gasteiger partial charge in [0.2, 0.25) is 5.95 Å². The molecule has 2 aromatic rings. The van der Waals surface area contributed by atoms with E-state index in [1.165, 1.54) is 0 Å². The van der Waals surface area contributed by atoms with Crippen LogP contribution >= 0.6 is 11.6 Å². The number of nitrogen functional groups attached to an aromatic ring is 1. The number of azo groups is 1. The summed E-state index contributed by atoms with van der Waals surface area (Å²) in [6.07, 6.45) is 0. The van der Waals surface area contributed by atoms with Crippen molar-refractivity contribution in [3.63, 3.8) is 0 Å². The average Bonchev–Trinajstić information content (AvgIpc) is 2.74. The van der Waals surface area contributed by atoms with E-state index in [-0.39, 0.29) is 12.0 Å². The number of nitrogens with zero attached hydrogens (tertiary/aromatic N) is 4. The molecule has 6 heteroatoms. The molecule has 1 unspecified atom stereocenters. The zero-order chi connectivity index (χ0) is 11.8. The van der Waals surface area contributed by atoms with Gasteiger partial charge in [-0.25, -0.2) is 4.98 Å². The predicted octanol–water partition coefficient (Wildman–Crippen LogP) is 2.90. The molecule has 0 spiro atoms. The molecule has 0 saturated heterocycles. The Morgan fingerprint density at radius 1 is 1.12 bits per heavy atom. The van der Waals surface area contributed by atoms with Gasteiger partial charge in [-0.2, -0.15) is 10.1 Å². The second kappa shape index (κ2) is 3.78. The van der Waals surface area contributed by atoms with Crippen molar-refractivity contribution in [3.05, 3.63) is 46.6 Å². The molecule has 2 N–H and O–H groups in total. The number of anilines is 1. The second-order valence-electron chi connectivity index (χ2n) is 3.64. The lowest BCUT2D eigenvalue weighted by Crippen LogP contribution is -2.01. The second-order valence-corrected chi connectivity index (χ2v) is 4.00. The summed E-state index contributed by atoms with van der Waals surface area (Å²) in [5.74, 6) is 0.567. The van der Waals surface area contributed by atoms with Gasteiger partial charge in [0.15, 0.2) is 5.82 Å². The van der Waals surface area contributed by atoms with Crippen LogP contribution in [0.25, 0.3) is 0 Å². The third kappa shape index (κ3) is 1.64. The molecule has 1 aliphatic heterocycles. The third-order valence-corrected chi connectivity index (χ3v) is 2.84. The monoisotopic (exact) mass is 245 g/mol. The Kier molecular flexibility index (Phi) is 2.26. The fourth-order valence-corrected chi connectivity index (χ4v) is 2.07. The van der Waals surface area contributed by atoms with Crippen molar-refractivity contribution >= 4 is 23.4 Å². The number of aromatic nitrogens is 2. The van der Waals surface area contributed by atoms with Crippen LogP contribution < -0.4 is 5.73 Å². The Morgan fingerprint density at radius 2 is 1.88 bits per heavy atom. The van der Waals surface area contributed by atoms with Gasteiger partial charge in [-0.05, 0) is 5.56 Å². The highest BCUT2D eigenvalue weighted by Crippen LogP contribution is 2.41. The molecule has 2 heterocycles. The summed E-state index contributed by atoms with van der Waals surface area (Å²) >= 11 is 6.07. The van der Waals surface area contributed by atoms with E-state index in [9.17, 15) is 0 Å². The zero-order valence-electron chi connectivity index (χ0n) is 8.71. The van der Waals surface area contributed by atoms with Crippen molar-refractivity contribution in [2.75, 3.05) is 5.73 Å². The Balaban J connectivity index is 2.14. The Bertz CT molecular complexity index is 596. The van der Waals surface area contributed by atoms with Gasteiger partial charge in [-0.1, -0.05) is 41.9 Å². The van der Waals surface area contributed by atoms with Crippen molar-refractivity contribution in [1.29, 1.82) is 0 Å². The summed E-state index contributed by atoms with van der Waals surface area (Å²) in [7, 11) is 0. The van der Waals surface area contributed by atoms with Gasteiger partial charge >= 0.3 is 0 Å². The van der Waals surface area contributed by atoms with Crippen LogP contribution in [0, 0.1) is 0 Å². The van der Waals surface area contributed by atoms with Crippen molar-refractivity contribution in [2.45, 2.75) is 6.04 Å². The quantitative estimate of drug-likeness (QED) is 0.785. The minimum Gasteiger partial charge on any atom is -0.368 e. The van der Waals surface area contributed by atoms with Crippen LogP contribution in [0.2, 0.25) is 5.15 Å². The summed E-state index contributed by atoms with van der Waals surface area (Å²) in [4.78, 5) is 7.95. The molecule has 3 rings (SSSR count). The Hall–Kier alpha value is -2.01. The molecule has 1 aromatic carbocycles. The molecule has 1 atom stereocenters. The van der Waals surface area contributed by atoms with Gasteiger partial charge < -0.3 is 5.73 Å². The molecule has 1 aromatic heterocycles. The average molecular weight is 246 g/mol. The van der Waals surface area contributed by atoms with E-state index in [0.29, 0.717) is 16.5 Å². The molecular formula is C11H8ClN5. The molecule has 5 nitrogen and oxygen atoms in total. The maximum absolute atomic E-state index is 6.07. The number of hydrogen-bond donors (Lipinski definition) is 1. The fraction of sp³-hybridized carbons (Fsp3) is 0.0909. The van der Waals surface area contributed by atoms with Gasteiger partial charge in [-0.3, -0.25) is 0 Å². The molecule has 0 fully saturated rings. The number of fused-ring (bicyclic) bond motifs is 1. The van der Waals surface area contributed by atoms with Gasteiger partial charge in [0.1, 0.15) is 11.2 Å². The fourth-order valence-electron chi connectivity index (χ4n) is 1.80. The van der Waals surface area contributed by atoms with Crippen molar-refractivity contribution in [1.82, 2.24) is 9.97 Å². The predicted molar refractivity (Wildman–Crippen MR) is 64.3 cm³/mol. The van der Waals surface area contributed by atoms with Crippen LogP contribution in [0.15, 0.2) is 40.6 Å². The van der Waals surface area contributed by atoms with Crippen LogP contribution in [0.1, 0.15) is 17.2 Å². The summed E-state index contributed by atoms with van der Waals surface area (Å²) < 4.78 is 0. The lowest BCUT2D eigenvalue weighted by atomic mass is 10.0. The summed E-state index contributed by atoms with van der Waals surface area (Å²) in [5.41, 5.74) is 7.23. The largest absolute Gasteiger partial charge is 0.368 e. The topological polar surface area (TPSA) is 76.5 Å². The first-order chi connectivity index (χ1) is 8.25. The molecule has 84 valence electrons. The number of benzene rings is 1. The molecule has 0 radical (unpaired) electrons. The number of nitrogens with two attached hydrogens (primary N) is 1. The maximum Gasteiger partial charge on any atom is 0.223 e. The van der Waals surface area contributed by atoms with E-state index in [1.807, 2.05) is 30.3 Å². The molecular weight excluding hydrogens is 238 g/mol. The highest BCUT2D eigenvalue weighted by atomic mass is 35.5. The SMILES string of the molecule is Nc1nc(Cl)c2c(n1)N=NC2c1ccccc1. The van der Waals surface area contributed by atoms with Crippen molar-refractivity contribution in [2.24, 2.45) is 10.2 Å². The van der Waals surface area contributed by atoms with Crippen LogP contribution in [-0.2, 0) is 0 Å². The van der Waals surface area contributed by atoms with E-state index >= 15 is 0 Å². The first-order valence-electron chi connectivity index (χ1n) is 5.04. The summed E-state index contributed by atoms with van der Waals surface area (Å²) in [5, 5.41) is 8.46. The normalized spacial score (nSPS) is 17.1. The number of halogens is 1. The molecule has 17 heavy (non-hydrogen) atoms.